The number of esters is 1. The number of hydrogen-bond donors (Lipinski definition) is 0. The van der Waals surface area contributed by atoms with Gasteiger partial charge in [0.1, 0.15) is 17.3 Å². The highest BCUT2D eigenvalue weighted by molar-refractivity contribution is 5.93. The highest BCUT2D eigenvalue weighted by Crippen LogP contribution is 2.21. The summed E-state index contributed by atoms with van der Waals surface area (Å²) in [4.78, 5) is 14.9. The van der Waals surface area contributed by atoms with Gasteiger partial charge in [-0.2, -0.15) is 0 Å². The van der Waals surface area contributed by atoms with Crippen LogP contribution in [0.2, 0.25) is 0 Å². The molecule has 16 heavy (non-hydrogen) atoms. The number of methoxy groups -OCH3 is 1. The van der Waals surface area contributed by atoms with Gasteiger partial charge >= 0.3 is 5.97 Å². The Labute approximate surface area is 89.7 Å². The smallest absolute Gasteiger partial charge is 0.356 e. The van der Waals surface area contributed by atoms with Crippen molar-refractivity contribution in [2.45, 2.75) is 0 Å². The van der Waals surface area contributed by atoms with Crippen LogP contribution in [0.25, 0.3) is 10.8 Å². The molecule has 1 heterocycles. The van der Waals surface area contributed by atoms with Crippen LogP contribution in [0.15, 0.2) is 24.4 Å². The van der Waals surface area contributed by atoms with Crippen molar-refractivity contribution in [1.82, 2.24) is 4.98 Å². The van der Waals surface area contributed by atoms with Crippen LogP contribution in [0.3, 0.4) is 0 Å². The molecule has 0 aliphatic rings. The lowest BCUT2D eigenvalue weighted by molar-refractivity contribution is 0.0594. The molecule has 82 valence electrons. The van der Waals surface area contributed by atoms with Crippen molar-refractivity contribution < 1.29 is 18.3 Å². The van der Waals surface area contributed by atoms with Crippen LogP contribution in [0, 0.1) is 11.6 Å². The van der Waals surface area contributed by atoms with Gasteiger partial charge in [-0.3, -0.25) is 0 Å². The fourth-order valence-corrected chi connectivity index (χ4v) is 1.39. The molecule has 5 heteroatoms. The summed E-state index contributed by atoms with van der Waals surface area (Å²) < 4.78 is 31.1. The third kappa shape index (κ3) is 1.60. The summed E-state index contributed by atoms with van der Waals surface area (Å²) in [7, 11) is 1.19. The standard InChI is InChI=1S/C11H7F2NO2/c1-16-11(15)10-4-6-7(5-14-10)9(13)3-2-8(6)12/h2-5H,1H3. The number of ether oxygens (including phenoxy) is 1. The molecule has 0 aliphatic heterocycles. The zero-order chi connectivity index (χ0) is 11.7. The molecule has 0 amide bonds. The fourth-order valence-electron chi connectivity index (χ4n) is 1.39. The van der Waals surface area contributed by atoms with E-state index in [-0.39, 0.29) is 16.5 Å². The van der Waals surface area contributed by atoms with Gasteiger partial charge in [0.05, 0.1) is 7.11 Å². The second-order valence-electron chi connectivity index (χ2n) is 3.14. The van der Waals surface area contributed by atoms with Crippen molar-refractivity contribution in [2.75, 3.05) is 7.11 Å². The summed E-state index contributed by atoms with van der Waals surface area (Å²) in [6.45, 7) is 0. The SMILES string of the molecule is COC(=O)c1cc2c(F)ccc(F)c2cn1. The molecule has 0 radical (unpaired) electrons. The van der Waals surface area contributed by atoms with Crippen LogP contribution >= 0.6 is 0 Å². The first kappa shape index (κ1) is 10.5. The number of benzene rings is 1. The number of carbonyl (C=O) groups is 1. The van der Waals surface area contributed by atoms with Crippen molar-refractivity contribution in [2.24, 2.45) is 0 Å². The number of hydrogen-bond acceptors (Lipinski definition) is 3. The van der Waals surface area contributed by atoms with Crippen LogP contribution in [0.4, 0.5) is 8.78 Å². The van der Waals surface area contributed by atoms with E-state index in [1.165, 1.54) is 13.2 Å². The normalized spacial score (nSPS) is 10.4. The van der Waals surface area contributed by atoms with E-state index in [2.05, 4.69) is 9.72 Å². The third-order valence-electron chi connectivity index (χ3n) is 2.19. The molecular weight excluding hydrogens is 216 g/mol. The van der Waals surface area contributed by atoms with Crippen molar-refractivity contribution in [3.8, 4) is 0 Å². The Balaban J connectivity index is 2.70. The molecule has 1 aromatic heterocycles. The molecule has 0 unspecified atom stereocenters. The molecule has 2 rings (SSSR count). The number of aromatic nitrogens is 1. The van der Waals surface area contributed by atoms with Gasteiger partial charge < -0.3 is 4.74 Å². The lowest BCUT2D eigenvalue weighted by atomic mass is 10.1. The minimum absolute atomic E-state index is 0.00963. The van der Waals surface area contributed by atoms with E-state index in [4.69, 9.17) is 0 Å². The lowest BCUT2D eigenvalue weighted by Gasteiger charge is -2.03. The van der Waals surface area contributed by atoms with Crippen LogP contribution in [-0.4, -0.2) is 18.1 Å². The monoisotopic (exact) mass is 223 g/mol. The van der Waals surface area contributed by atoms with Crippen LogP contribution < -0.4 is 0 Å². The number of rotatable bonds is 1. The molecule has 0 saturated heterocycles. The Bertz CT molecular complexity index is 569. The first-order valence-corrected chi connectivity index (χ1v) is 4.45. The zero-order valence-electron chi connectivity index (χ0n) is 8.33. The van der Waals surface area contributed by atoms with E-state index < -0.39 is 17.6 Å². The molecule has 1 aromatic carbocycles. The quantitative estimate of drug-likeness (QED) is 0.696. The van der Waals surface area contributed by atoms with Gasteiger partial charge in [0.15, 0.2) is 0 Å². The minimum Gasteiger partial charge on any atom is -0.464 e. The first-order valence-electron chi connectivity index (χ1n) is 4.45. The Hall–Kier alpha value is -2.04. The summed E-state index contributed by atoms with van der Waals surface area (Å²) >= 11 is 0. The van der Waals surface area contributed by atoms with Crippen LogP contribution in [-0.2, 0) is 4.74 Å². The van der Waals surface area contributed by atoms with Crippen LogP contribution in [0.5, 0.6) is 0 Å². The summed E-state index contributed by atoms with van der Waals surface area (Å²) in [6, 6.07) is 3.18. The molecule has 0 fully saturated rings. The number of pyridine rings is 1. The number of nitrogens with zero attached hydrogens (tertiary/aromatic N) is 1. The van der Waals surface area contributed by atoms with Gasteiger partial charge in [0.2, 0.25) is 0 Å². The van der Waals surface area contributed by atoms with Crippen LogP contribution in [0.1, 0.15) is 10.5 Å². The average Bonchev–Trinajstić information content (AvgIpc) is 2.32. The Morgan fingerprint density at radius 3 is 2.50 bits per heavy atom. The predicted octanol–water partition coefficient (Wildman–Crippen LogP) is 2.30. The average molecular weight is 223 g/mol. The highest BCUT2D eigenvalue weighted by Gasteiger charge is 2.12. The molecule has 2 aromatic rings. The molecule has 0 aliphatic carbocycles. The maximum Gasteiger partial charge on any atom is 0.356 e. The Morgan fingerprint density at radius 2 is 1.88 bits per heavy atom. The summed E-state index contributed by atoms with van der Waals surface area (Å²) in [5.41, 5.74) is -0.0560. The van der Waals surface area contributed by atoms with Gasteiger partial charge in [-0.05, 0) is 18.2 Å². The van der Waals surface area contributed by atoms with Gasteiger partial charge in [-0.25, -0.2) is 18.6 Å². The maximum absolute atomic E-state index is 13.4. The highest BCUT2D eigenvalue weighted by atomic mass is 19.1. The van der Waals surface area contributed by atoms with Gasteiger partial charge in [-0.15, -0.1) is 0 Å². The Morgan fingerprint density at radius 1 is 1.25 bits per heavy atom. The molecule has 3 nitrogen and oxygen atoms in total. The predicted molar refractivity (Wildman–Crippen MR) is 53.0 cm³/mol. The molecule has 0 atom stereocenters. The van der Waals surface area contributed by atoms with Crippen molar-refractivity contribution in [3.05, 3.63) is 41.7 Å². The number of fused-ring (bicyclic) bond motifs is 1. The van der Waals surface area contributed by atoms with E-state index in [1.807, 2.05) is 0 Å². The second-order valence-corrected chi connectivity index (χ2v) is 3.14. The third-order valence-corrected chi connectivity index (χ3v) is 2.19. The lowest BCUT2D eigenvalue weighted by Crippen LogP contribution is -2.04. The van der Waals surface area contributed by atoms with Crippen molar-refractivity contribution in [1.29, 1.82) is 0 Å². The molecule has 0 N–H and O–H groups in total. The second kappa shape index (κ2) is 3.84. The first-order chi connectivity index (χ1) is 7.63. The largest absolute Gasteiger partial charge is 0.464 e. The number of carbonyl (C=O) groups excluding carboxylic acids is 1. The van der Waals surface area contributed by atoms with Crippen molar-refractivity contribution in [3.63, 3.8) is 0 Å². The minimum atomic E-state index is -0.689. The van der Waals surface area contributed by atoms with Gasteiger partial charge in [-0.1, -0.05) is 0 Å². The van der Waals surface area contributed by atoms with E-state index in [0.717, 1.165) is 18.3 Å². The topological polar surface area (TPSA) is 39.2 Å². The molecular formula is C11H7F2NO2. The van der Waals surface area contributed by atoms with E-state index >= 15 is 0 Å². The molecule has 0 spiro atoms. The van der Waals surface area contributed by atoms with E-state index in [9.17, 15) is 13.6 Å². The summed E-state index contributed by atoms with van der Waals surface area (Å²) in [6.07, 6.45) is 1.11. The fraction of sp³-hybridized carbons (Fsp3) is 0.0909. The molecule has 0 saturated carbocycles. The zero-order valence-corrected chi connectivity index (χ0v) is 8.33. The van der Waals surface area contributed by atoms with Crippen molar-refractivity contribution >= 4 is 16.7 Å². The summed E-state index contributed by atoms with van der Waals surface area (Å²) in [5.74, 6) is -1.88. The van der Waals surface area contributed by atoms with Gasteiger partial charge in [0.25, 0.3) is 0 Å². The summed E-state index contributed by atoms with van der Waals surface area (Å²) in [5, 5.41) is 0.0445. The van der Waals surface area contributed by atoms with E-state index in [0.29, 0.717) is 0 Å². The van der Waals surface area contributed by atoms with E-state index in [1.54, 1.807) is 0 Å². The number of halogens is 2. The maximum atomic E-state index is 13.4. The Kier molecular flexibility index (Phi) is 2.52. The van der Waals surface area contributed by atoms with Gasteiger partial charge in [0, 0.05) is 17.0 Å². The molecule has 0 bridgehead atoms.